The fourth-order valence-electron chi connectivity index (χ4n) is 2.95. The number of hydrogen-bond donors (Lipinski definition) is 2. The van der Waals surface area contributed by atoms with Gasteiger partial charge in [-0.2, -0.15) is 4.31 Å². The third-order valence-corrected chi connectivity index (χ3v) is 7.64. The van der Waals surface area contributed by atoms with Crippen LogP contribution in [0.15, 0.2) is 58.3 Å². The molecule has 1 amide bonds. The molecule has 0 bridgehead atoms. The molecule has 0 aliphatic carbocycles. The highest BCUT2D eigenvalue weighted by Crippen LogP contribution is 2.19. The molecular weight excluding hydrogens is 474 g/mol. The Labute approximate surface area is 191 Å². The molecule has 1 fully saturated rings. The number of nitrogens with zero attached hydrogens (tertiary/aromatic N) is 1. The van der Waals surface area contributed by atoms with Crippen LogP contribution in [0.25, 0.3) is 0 Å². The zero-order valence-corrected chi connectivity index (χ0v) is 19.3. The monoisotopic (exact) mass is 497 g/mol. The summed E-state index contributed by atoms with van der Waals surface area (Å²) >= 11 is 0. The average molecular weight is 498 g/mol. The first kappa shape index (κ1) is 24.8. The Morgan fingerprint density at radius 2 is 1.52 bits per heavy atom. The second-order valence-corrected chi connectivity index (χ2v) is 10.6. The second kappa shape index (κ2) is 9.97. The Balaban J connectivity index is 1.60. The van der Waals surface area contributed by atoms with Crippen molar-refractivity contribution < 1.29 is 35.9 Å². The number of nitrogens with one attached hydrogen (secondary N) is 1. The first-order valence-corrected chi connectivity index (χ1v) is 12.8. The number of sulfonamides is 2. The van der Waals surface area contributed by atoms with E-state index in [2.05, 4.69) is 5.32 Å². The summed E-state index contributed by atoms with van der Waals surface area (Å²) in [4.78, 5) is 24.6. The van der Waals surface area contributed by atoms with Crippen LogP contribution in [0.3, 0.4) is 0 Å². The van der Waals surface area contributed by atoms with Gasteiger partial charge in [-0.05, 0) is 55.5 Å². The Morgan fingerprint density at radius 3 is 2.06 bits per heavy atom. The van der Waals surface area contributed by atoms with Gasteiger partial charge in [0.05, 0.1) is 28.6 Å². The summed E-state index contributed by atoms with van der Waals surface area (Å²) in [6.45, 7) is 2.51. The van der Waals surface area contributed by atoms with Crippen LogP contribution in [0.2, 0.25) is 0 Å². The normalized spacial score (nSPS) is 16.1. The summed E-state index contributed by atoms with van der Waals surface area (Å²) in [6.07, 6.45) is -1.17. The molecule has 3 rings (SSSR count). The summed E-state index contributed by atoms with van der Waals surface area (Å²) in [5, 5.41) is 7.52. The zero-order chi connectivity index (χ0) is 24.2. The molecule has 2 aromatic rings. The average Bonchev–Trinajstić information content (AvgIpc) is 2.79. The van der Waals surface area contributed by atoms with Gasteiger partial charge in [0, 0.05) is 18.8 Å². The van der Waals surface area contributed by atoms with Crippen LogP contribution in [0.1, 0.15) is 17.3 Å². The minimum Gasteiger partial charge on any atom is -0.449 e. The van der Waals surface area contributed by atoms with Crippen LogP contribution in [-0.2, 0) is 34.3 Å². The molecule has 1 saturated heterocycles. The molecule has 1 aliphatic rings. The number of carbonyl (C=O) groups excluding carboxylic acids is 2. The Bertz CT molecular complexity index is 1220. The van der Waals surface area contributed by atoms with Crippen LogP contribution < -0.4 is 10.5 Å². The first-order valence-electron chi connectivity index (χ1n) is 9.81. The molecule has 0 aromatic heterocycles. The Morgan fingerprint density at radius 1 is 0.970 bits per heavy atom. The van der Waals surface area contributed by atoms with Gasteiger partial charge in [-0.25, -0.2) is 26.8 Å². The third-order valence-electron chi connectivity index (χ3n) is 4.80. The Hall–Kier alpha value is -2.84. The molecule has 1 aliphatic heterocycles. The van der Waals surface area contributed by atoms with E-state index in [1.165, 1.54) is 59.8 Å². The topological polar surface area (TPSA) is 162 Å². The minimum absolute atomic E-state index is 0.0367. The summed E-state index contributed by atoms with van der Waals surface area (Å²) in [7, 11) is -7.55. The van der Waals surface area contributed by atoms with E-state index in [4.69, 9.17) is 14.6 Å². The number of nitrogens with two attached hydrogens (primary N) is 1. The SMILES string of the molecule is CC(OC(=O)c1ccc(S(=O)(=O)N2CCOCC2)cc1)C(=O)Nc1ccc(S(N)(=O)=O)cc1. The number of benzene rings is 2. The largest absolute Gasteiger partial charge is 0.449 e. The van der Waals surface area contributed by atoms with E-state index in [9.17, 15) is 26.4 Å². The molecule has 11 nitrogen and oxygen atoms in total. The second-order valence-electron chi connectivity index (χ2n) is 7.15. The number of morpholine rings is 1. The molecule has 3 N–H and O–H groups in total. The van der Waals surface area contributed by atoms with Gasteiger partial charge < -0.3 is 14.8 Å². The van der Waals surface area contributed by atoms with E-state index in [1.807, 2.05) is 0 Å². The quantitative estimate of drug-likeness (QED) is 0.524. The first-order chi connectivity index (χ1) is 15.5. The summed E-state index contributed by atoms with van der Waals surface area (Å²) in [5.41, 5.74) is 0.362. The van der Waals surface area contributed by atoms with E-state index >= 15 is 0 Å². The maximum atomic E-state index is 12.6. The van der Waals surface area contributed by atoms with Gasteiger partial charge in [-0.3, -0.25) is 4.79 Å². The van der Waals surface area contributed by atoms with Crippen molar-refractivity contribution in [1.82, 2.24) is 4.31 Å². The van der Waals surface area contributed by atoms with Gasteiger partial charge in [0.1, 0.15) is 0 Å². The van der Waals surface area contributed by atoms with E-state index in [0.717, 1.165) is 0 Å². The van der Waals surface area contributed by atoms with Crippen molar-refractivity contribution in [3.8, 4) is 0 Å². The standard InChI is InChI=1S/C20H23N3O8S2/c1-14(19(24)22-16-4-8-17(9-5-16)32(21,26)27)31-20(25)15-2-6-18(7-3-15)33(28,29)23-10-12-30-13-11-23/h2-9,14H,10-13H2,1H3,(H,22,24)(H2,21,26,27). The van der Waals surface area contributed by atoms with E-state index in [-0.39, 0.29) is 34.1 Å². The molecule has 1 unspecified atom stereocenters. The van der Waals surface area contributed by atoms with E-state index < -0.39 is 38.0 Å². The third kappa shape index (κ3) is 6.15. The van der Waals surface area contributed by atoms with Gasteiger partial charge in [0.25, 0.3) is 5.91 Å². The van der Waals surface area contributed by atoms with Crippen LogP contribution in [-0.4, -0.2) is 65.4 Å². The molecule has 0 saturated carbocycles. The van der Waals surface area contributed by atoms with Crippen molar-refractivity contribution >= 4 is 37.6 Å². The number of hydrogen-bond acceptors (Lipinski definition) is 8. The molecule has 0 spiro atoms. The molecule has 0 radical (unpaired) electrons. The molecule has 33 heavy (non-hydrogen) atoms. The lowest BCUT2D eigenvalue weighted by Crippen LogP contribution is -2.40. The van der Waals surface area contributed by atoms with E-state index in [1.54, 1.807) is 0 Å². The van der Waals surface area contributed by atoms with Gasteiger partial charge in [-0.1, -0.05) is 0 Å². The van der Waals surface area contributed by atoms with Crippen molar-refractivity contribution in [2.45, 2.75) is 22.8 Å². The fourth-order valence-corrected chi connectivity index (χ4v) is 4.88. The van der Waals surface area contributed by atoms with Gasteiger partial charge >= 0.3 is 5.97 Å². The number of rotatable bonds is 7. The van der Waals surface area contributed by atoms with Crippen molar-refractivity contribution in [3.63, 3.8) is 0 Å². The van der Waals surface area contributed by atoms with Crippen LogP contribution in [0, 0.1) is 0 Å². The molecular formula is C20H23N3O8S2. The highest BCUT2D eigenvalue weighted by molar-refractivity contribution is 7.89. The van der Waals surface area contributed by atoms with E-state index in [0.29, 0.717) is 13.2 Å². The predicted octanol–water partition coefficient (Wildman–Crippen LogP) is 0.539. The van der Waals surface area contributed by atoms with Gasteiger partial charge in [0.15, 0.2) is 6.10 Å². The van der Waals surface area contributed by atoms with Crippen molar-refractivity contribution in [2.24, 2.45) is 5.14 Å². The lowest BCUT2D eigenvalue weighted by atomic mass is 10.2. The van der Waals surface area contributed by atoms with Gasteiger partial charge in [0.2, 0.25) is 20.0 Å². The summed E-state index contributed by atoms with van der Waals surface area (Å²) in [6, 6.07) is 10.4. The molecule has 2 aromatic carbocycles. The van der Waals surface area contributed by atoms with Crippen molar-refractivity contribution in [2.75, 3.05) is 31.6 Å². The number of ether oxygens (including phenoxy) is 2. The highest BCUT2D eigenvalue weighted by Gasteiger charge is 2.27. The van der Waals surface area contributed by atoms with Crippen LogP contribution in [0.4, 0.5) is 5.69 Å². The van der Waals surface area contributed by atoms with Crippen LogP contribution >= 0.6 is 0 Å². The van der Waals surface area contributed by atoms with Crippen LogP contribution in [0.5, 0.6) is 0 Å². The maximum absolute atomic E-state index is 12.6. The number of esters is 1. The predicted molar refractivity (Wildman–Crippen MR) is 117 cm³/mol. The molecule has 178 valence electrons. The smallest absolute Gasteiger partial charge is 0.338 e. The molecule has 1 atom stereocenters. The molecule has 1 heterocycles. The Kier molecular flexibility index (Phi) is 7.49. The summed E-state index contributed by atoms with van der Waals surface area (Å²) in [5.74, 6) is -1.45. The minimum atomic E-state index is -3.86. The van der Waals surface area contributed by atoms with Crippen molar-refractivity contribution in [1.29, 1.82) is 0 Å². The number of amides is 1. The lowest BCUT2D eigenvalue weighted by molar-refractivity contribution is -0.123. The lowest BCUT2D eigenvalue weighted by Gasteiger charge is -2.26. The fraction of sp³-hybridized carbons (Fsp3) is 0.300. The number of anilines is 1. The van der Waals surface area contributed by atoms with Gasteiger partial charge in [-0.15, -0.1) is 0 Å². The number of carbonyl (C=O) groups is 2. The maximum Gasteiger partial charge on any atom is 0.338 e. The zero-order valence-electron chi connectivity index (χ0n) is 17.6. The van der Waals surface area contributed by atoms with Crippen molar-refractivity contribution in [3.05, 3.63) is 54.1 Å². The highest BCUT2D eigenvalue weighted by atomic mass is 32.2. The molecule has 13 heteroatoms. The number of primary sulfonamides is 1. The summed E-state index contributed by atoms with van der Waals surface area (Å²) < 4.78 is 59.5.